The molecule has 8 heteroatoms. The van der Waals surface area contributed by atoms with Crippen LogP contribution >= 0.6 is 11.6 Å². The Kier molecular flexibility index (Phi) is 5.51. The lowest BCUT2D eigenvalue weighted by atomic mass is 10.1. The van der Waals surface area contributed by atoms with Crippen molar-refractivity contribution in [2.45, 2.75) is 11.4 Å². The molecule has 3 rings (SSSR count). The zero-order chi connectivity index (χ0) is 19.4. The Morgan fingerprint density at radius 1 is 1.11 bits per heavy atom. The van der Waals surface area contributed by atoms with E-state index >= 15 is 0 Å². The van der Waals surface area contributed by atoms with Gasteiger partial charge in [0, 0.05) is 12.1 Å². The van der Waals surface area contributed by atoms with E-state index in [0.29, 0.717) is 5.56 Å². The first kappa shape index (κ1) is 19.0. The van der Waals surface area contributed by atoms with Crippen molar-refractivity contribution in [3.05, 3.63) is 82.8 Å². The first-order chi connectivity index (χ1) is 12.9. The predicted molar refractivity (Wildman–Crippen MR) is 99.8 cm³/mol. The van der Waals surface area contributed by atoms with Gasteiger partial charge in [-0.1, -0.05) is 41.9 Å². The van der Waals surface area contributed by atoms with Crippen molar-refractivity contribution < 1.29 is 12.8 Å². The summed E-state index contributed by atoms with van der Waals surface area (Å²) in [6, 6.07) is 17.4. The minimum Gasteiger partial charge on any atom is -0.234 e. The molecule has 27 heavy (non-hydrogen) atoms. The molecule has 0 aliphatic heterocycles. The van der Waals surface area contributed by atoms with Crippen LogP contribution in [0, 0.1) is 17.1 Å². The SMILES string of the molecule is N#Cc1nc(-c2ccc(S(=O)(=O)NCc3ccccc3)cc2Cl)ccc1F. The quantitative estimate of drug-likeness (QED) is 0.703. The van der Waals surface area contributed by atoms with Gasteiger partial charge in [-0.05, 0) is 35.9 Å². The molecule has 3 aromatic rings. The molecule has 0 atom stereocenters. The summed E-state index contributed by atoms with van der Waals surface area (Å²) in [4.78, 5) is 3.90. The predicted octanol–water partition coefficient (Wildman–Crippen LogP) is 3.89. The van der Waals surface area contributed by atoms with Crippen LogP contribution in [0.2, 0.25) is 5.02 Å². The fraction of sp³-hybridized carbons (Fsp3) is 0.0526. The lowest BCUT2D eigenvalue weighted by Crippen LogP contribution is -2.23. The Balaban J connectivity index is 1.87. The lowest BCUT2D eigenvalue weighted by Gasteiger charge is -2.10. The molecule has 1 heterocycles. The largest absolute Gasteiger partial charge is 0.240 e. The molecule has 0 spiro atoms. The van der Waals surface area contributed by atoms with E-state index < -0.39 is 15.8 Å². The van der Waals surface area contributed by atoms with Crippen LogP contribution in [-0.4, -0.2) is 13.4 Å². The van der Waals surface area contributed by atoms with E-state index in [2.05, 4.69) is 9.71 Å². The maximum absolute atomic E-state index is 13.4. The average Bonchev–Trinajstić information content (AvgIpc) is 2.68. The summed E-state index contributed by atoms with van der Waals surface area (Å²) in [6.07, 6.45) is 0. The third-order valence-electron chi connectivity index (χ3n) is 3.79. The van der Waals surface area contributed by atoms with E-state index in [9.17, 15) is 12.8 Å². The molecule has 2 aromatic carbocycles. The molecule has 0 aliphatic rings. The standard InChI is InChI=1S/C19H13ClFN3O2S/c20-16-10-14(27(25,26)23-12-13-4-2-1-3-5-13)6-7-15(16)18-9-8-17(21)19(11-22)24-18/h1-10,23H,12H2. The minimum absolute atomic E-state index is 0.00482. The van der Waals surface area contributed by atoms with Gasteiger partial charge in [-0.25, -0.2) is 22.5 Å². The molecule has 1 N–H and O–H groups in total. The Morgan fingerprint density at radius 3 is 2.52 bits per heavy atom. The number of aromatic nitrogens is 1. The molecule has 0 amide bonds. The number of pyridine rings is 1. The summed E-state index contributed by atoms with van der Waals surface area (Å²) in [5.41, 5.74) is 1.14. The number of halogens is 2. The highest BCUT2D eigenvalue weighted by molar-refractivity contribution is 7.89. The Morgan fingerprint density at radius 2 is 1.85 bits per heavy atom. The summed E-state index contributed by atoms with van der Waals surface area (Å²) in [6.45, 7) is 0.146. The molecule has 136 valence electrons. The van der Waals surface area contributed by atoms with Gasteiger partial charge in [-0.15, -0.1) is 0 Å². The highest BCUT2D eigenvalue weighted by Crippen LogP contribution is 2.29. The summed E-state index contributed by atoms with van der Waals surface area (Å²) < 4.78 is 40.9. The molecule has 0 bridgehead atoms. The van der Waals surface area contributed by atoms with Gasteiger partial charge in [-0.2, -0.15) is 5.26 Å². The van der Waals surface area contributed by atoms with Crippen LogP contribution in [-0.2, 0) is 16.6 Å². The second-order valence-corrected chi connectivity index (χ2v) is 7.76. The number of nitrogens with one attached hydrogen (secondary N) is 1. The van der Waals surface area contributed by atoms with Crippen LogP contribution in [0.25, 0.3) is 11.3 Å². The molecule has 0 saturated heterocycles. The second-order valence-electron chi connectivity index (χ2n) is 5.59. The molecule has 0 saturated carbocycles. The first-order valence-corrected chi connectivity index (χ1v) is 9.67. The van der Waals surface area contributed by atoms with Gasteiger partial charge in [0.25, 0.3) is 0 Å². The second kappa shape index (κ2) is 7.84. The minimum atomic E-state index is -3.77. The van der Waals surface area contributed by atoms with Crippen molar-refractivity contribution in [2.75, 3.05) is 0 Å². The van der Waals surface area contributed by atoms with Gasteiger partial charge < -0.3 is 0 Å². The molecular weight excluding hydrogens is 389 g/mol. The van der Waals surface area contributed by atoms with Crippen molar-refractivity contribution in [3.63, 3.8) is 0 Å². The Bertz CT molecular complexity index is 1130. The molecule has 1 aromatic heterocycles. The first-order valence-electron chi connectivity index (χ1n) is 7.81. The molecule has 5 nitrogen and oxygen atoms in total. The van der Waals surface area contributed by atoms with Crippen LogP contribution in [0.3, 0.4) is 0 Å². The van der Waals surface area contributed by atoms with Gasteiger partial charge >= 0.3 is 0 Å². The van der Waals surface area contributed by atoms with Crippen LogP contribution in [0.5, 0.6) is 0 Å². The molecule has 0 aliphatic carbocycles. The van der Waals surface area contributed by atoms with E-state index in [0.717, 1.165) is 11.6 Å². The lowest BCUT2D eigenvalue weighted by molar-refractivity contribution is 0.581. The number of nitrogens with zero attached hydrogens (tertiary/aromatic N) is 2. The maximum Gasteiger partial charge on any atom is 0.240 e. The fourth-order valence-electron chi connectivity index (χ4n) is 2.40. The van der Waals surface area contributed by atoms with Gasteiger partial charge in [0.2, 0.25) is 10.0 Å². The zero-order valence-corrected chi connectivity index (χ0v) is 15.4. The van der Waals surface area contributed by atoms with E-state index in [1.165, 1.54) is 24.3 Å². The highest BCUT2D eigenvalue weighted by Gasteiger charge is 2.17. The van der Waals surface area contributed by atoms with E-state index in [1.54, 1.807) is 6.07 Å². The van der Waals surface area contributed by atoms with E-state index in [4.69, 9.17) is 16.9 Å². The van der Waals surface area contributed by atoms with Gasteiger partial charge in [0.15, 0.2) is 11.5 Å². The summed E-state index contributed by atoms with van der Waals surface area (Å²) in [5.74, 6) is -0.735. The van der Waals surface area contributed by atoms with Gasteiger partial charge in [0.1, 0.15) is 6.07 Å². The average molecular weight is 402 g/mol. The van der Waals surface area contributed by atoms with Crippen molar-refractivity contribution in [1.29, 1.82) is 5.26 Å². The fourth-order valence-corrected chi connectivity index (χ4v) is 3.78. The normalized spacial score (nSPS) is 11.1. The summed E-state index contributed by atoms with van der Waals surface area (Å²) in [7, 11) is -3.77. The summed E-state index contributed by atoms with van der Waals surface area (Å²) in [5, 5.41) is 9.02. The van der Waals surface area contributed by atoms with Crippen molar-refractivity contribution >= 4 is 21.6 Å². The van der Waals surface area contributed by atoms with E-state index in [1.807, 2.05) is 30.3 Å². The molecular formula is C19H13ClFN3O2S. The number of benzene rings is 2. The number of rotatable bonds is 5. The number of hydrogen-bond donors (Lipinski definition) is 1. The number of hydrogen-bond acceptors (Lipinski definition) is 4. The molecule has 0 unspecified atom stereocenters. The molecule has 0 fully saturated rings. The number of sulfonamides is 1. The van der Waals surface area contributed by atoms with Crippen molar-refractivity contribution in [2.24, 2.45) is 0 Å². The Hall–Kier alpha value is -2.79. The smallest absolute Gasteiger partial charge is 0.234 e. The van der Waals surface area contributed by atoms with Crippen LogP contribution in [0.4, 0.5) is 4.39 Å². The third kappa shape index (κ3) is 4.31. The third-order valence-corrected chi connectivity index (χ3v) is 5.50. The Labute approximate surface area is 161 Å². The monoisotopic (exact) mass is 401 g/mol. The zero-order valence-electron chi connectivity index (χ0n) is 13.9. The van der Waals surface area contributed by atoms with Gasteiger partial charge in [-0.3, -0.25) is 0 Å². The van der Waals surface area contributed by atoms with Crippen molar-refractivity contribution in [3.8, 4) is 17.3 Å². The van der Waals surface area contributed by atoms with Crippen molar-refractivity contribution in [1.82, 2.24) is 9.71 Å². The van der Waals surface area contributed by atoms with E-state index in [-0.39, 0.29) is 27.9 Å². The van der Waals surface area contributed by atoms with Crippen LogP contribution < -0.4 is 4.72 Å². The highest BCUT2D eigenvalue weighted by atomic mass is 35.5. The maximum atomic E-state index is 13.4. The van der Waals surface area contributed by atoms with Crippen LogP contribution in [0.15, 0.2) is 65.6 Å². The van der Waals surface area contributed by atoms with Crippen LogP contribution in [0.1, 0.15) is 11.3 Å². The summed E-state index contributed by atoms with van der Waals surface area (Å²) >= 11 is 6.21. The topological polar surface area (TPSA) is 82.8 Å². The molecule has 0 radical (unpaired) electrons. The number of nitriles is 1. The van der Waals surface area contributed by atoms with Gasteiger partial charge in [0.05, 0.1) is 15.6 Å².